The summed E-state index contributed by atoms with van der Waals surface area (Å²) in [5.41, 5.74) is 3.40. The minimum absolute atomic E-state index is 0.159. The van der Waals surface area contributed by atoms with Gasteiger partial charge in [0.1, 0.15) is 5.60 Å². The quantitative estimate of drug-likeness (QED) is 0.577. The average Bonchev–Trinajstić information content (AvgIpc) is 3.05. The SMILES string of the molecule is C/C(C#C[C@](O)(C(C)C)C1(C#N)CC1)=C\C(N)=O. The molecule has 4 nitrogen and oxygen atoms in total. The maximum absolute atomic E-state index is 10.7. The molecule has 1 fully saturated rings. The van der Waals surface area contributed by atoms with Crippen LogP contribution in [-0.4, -0.2) is 16.6 Å². The van der Waals surface area contributed by atoms with E-state index in [2.05, 4.69) is 17.9 Å². The Morgan fingerprint density at radius 1 is 1.56 bits per heavy atom. The normalized spacial score (nSPS) is 20.3. The number of nitrogens with two attached hydrogens (primary N) is 1. The molecule has 0 aromatic rings. The Morgan fingerprint density at radius 2 is 2.11 bits per heavy atom. The summed E-state index contributed by atoms with van der Waals surface area (Å²) in [5.74, 6) is 4.76. The molecule has 0 aliphatic heterocycles. The Balaban J connectivity index is 3.08. The molecule has 0 radical (unpaired) electrons. The number of amides is 1. The van der Waals surface area contributed by atoms with Crippen LogP contribution >= 0.6 is 0 Å². The first-order valence-corrected chi connectivity index (χ1v) is 5.92. The van der Waals surface area contributed by atoms with Crippen LogP contribution in [0.25, 0.3) is 0 Å². The summed E-state index contributed by atoms with van der Waals surface area (Å²) in [6.07, 6.45) is 2.52. The van der Waals surface area contributed by atoms with Gasteiger partial charge in [-0.2, -0.15) is 5.26 Å². The lowest BCUT2D eigenvalue weighted by atomic mass is 9.77. The largest absolute Gasteiger partial charge is 0.376 e. The summed E-state index contributed by atoms with van der Waals surface area (Å²) in [4.78, 5) is 10.7. The molecule has 1 atom stereocenters. The number of carbonyl (C=O) groups excluding carboxylic acids is 1. The van der Waals surface area contributed by atoms with Crippen LogP contribution in [-0.2, 0) is 4.79 Å². The van der Waals surface area contributed by atoms with Crippen molar-refractivity contribution in [1.29, 1.82) is 5.26 Å². The molecule has 3 N–H and O–H groups in total. The molecular weight excluding hydrogens is 228 g/mol. The van der Waals surface area contributed by atoms with E-state index in [0.29, 0.717) is 18.4 Å². The Morgan fingerprint density at radius 3 is 2.44 bits per heavy atom. The van der Waals surface area contributed by atoms with E-state index in [0.717, 1.165) is 0 Å². The zero-order valence-electron chi connectivity index (χ0n) is 10.9. The van der Waals surface area contributed by atoms with E-state index >= 15 is 0 Å². The number of allylic oxidation sites excluding steroid dienone is 1. The predicted octanol–water partition coefficient (Wildman–Crippen LogP) is 1.11. The Labute approximate surface area is 107 Å². The minimum atomic E-state index is -1.34. The summed E-state index contributed by atoms with van der Waals surface area (Å²) < 4.78 is 0. The van der Waals surface area contributed by atoms with Crippen molar-refractivity contribution in [3.63, 3.8) is 0 Å². The van der Waals surface area contributed by atoms with Crippen molar-refractivity contribution in [3.05, 3.63) is 11.6 Å². The molecule has 0 aromatic carbocycles. The Kier molecular flexibility index (Phi) is 3.84. The van der Waals surface area contributed by atoms with Crippen LogP contribution < -0.4 is 5.73 Å². The van der Waals surface area contributed by atoms with Gasteiger partial charge in [0.2, 0.25) is 5.91 Å². The van der Waals surface area contributed by atoms with Crippen molar-refractivity contribution in [2.45, 2.75) is 39.2 Å². The second kappa shape index (κ2) is 4.84. The lowest BCUT2D eigenvalue weighted by Crippen LogP contribution is -2.42. The molecule has 0 heterocycles. The number of aliphatic hydroxyl groups is 1. The van der Waals surface area contributed by atoms with Crippen molar-refractivity contribution in [1.82, 2.24) is 0 Å². The molecule has 18 heavy (non-hydrogen) atoms. The first kappa shape index (κ1) is 14.3. The van der Waals surface area contributed by atoms with Gasteiger partial charge >= 0.3 is 0 Å². The second-order valence-corrected chi connectivity index (χ2v) is 5.09. The third kappa shape index (κ3) is 2.55. The first-order chi connectivity index (χ1) is 8.27. The van der Waals surface area contributed by atoms with Crippen molar-refractivity contribution in [3.8, 4) is 17.9 Å². The fourth-order valence-electron chi connectivity index (χ4n) is 1.96. The third-order valence-electron chi connectivity index (χ3n) is 3.34. The summed E-state index contributed by atoms with van der Waals surface area (Å²) in [6.45, 7) is 5.31. The lowest BCUT2D eigenvalue weighted by Gasteiger charge is -2.31. The van der Waals surface area contributed by atoms with E-state index in [1.165, 1.54) is 6.08 Å². The second-order valence-electron chi connectivity index (χ2n) is 5.09. The van der Waals surface area contributed by atoms with Gasteiger partial charge in [0, 0.05) is 11.6 Å². The van der Waals surface area contributed by atoms with Crippen LogP contribution in [0, 0.1) is 34.5 Å². The van der Waals surface area contributed by atoms with Crippen LogP contribution in [0.1, 0.15) is 33.6 Å². The highest BCUT2D eigenvalue weighted by atomic mass is 16.3. The molecule has 0 aromatic heterocycles. The maximum Gasteiger partial charge on any atom is 0.242 e. The fraction of sp³-hybridized carbons (Fsp3) is 0.571. The molecule has 0 spiro atoms. The summed E-state index contributed by atoms with van der Waals surface area (Å²) in [7, 11) is 0. The molecular formula is C14H18N2O2. The van der Waals surface area contributed by atoms with Gasteiger partial charge in [-0.3, -0.25) is 4.79 Å². The predicted molar refractivity (Wildman–Crippen MR) is 67.8 cm³/mol. The molecule has 0 saturated heterocycles. The number of primary amides is 1. The zero-order valence-corrected chi connectivity index (χ0v) is 10.9. The van der Waals surface area contributed by atoms with Gasteiger partial charge in [-0.15, -0.1) is 0 Å². The van der Waals surface area contributed by atoms with Gasteiger partial charge in [-0.05, 0) is 25.7 Å². The van der Waals surface area contributed by atoms with Crippen molar-refractivity contribution < 1.29 is 9.90 Å². The highest BCUT2D eigenvalue weighted by Crippen LogP contribution is 2.56. The standard InChI is InChI=1S/C14H18N2O2/c1-10(2)14(18,13(9-15)6-7-13)5-4-11(3)8-12(16)17/h8,10,18H,6-7H2,1-3H3,(H2,16,17)/b11-8+/t14-/m0/s1. The van der Waals surface area contributed by atoms with E-state index in [9.17, 15) is 15.2 Å². The molecule has 1 saturated carbocycles. The highest BCUT2D eigenvalue weighted by Gasteiger charge is 2.60. The van der Waals surface area contributed by atoms with Gasteiger partial charge in [0.05, 0.1) is 11.5 Å². The van der Waals surface area contributed by atoms with Crippen molar-refractivity contribution in [2.75, 3.05) is 0 Å². The van der Waals surface area contributed by atoms with Crippen LogP contribution in [0.2, 0.25) is 0 Å². The van der Waals surface area contributed by atoms with Crippen molar-refractivity contribution >= 4 is 5.91 Å². The van der Waals surface area contributed by atoms with Crippen LogP contribution in [0.5, 0.6) is 0 Å². The molecule has 0 bridgehead atoms. The number of nitriles is 1. The minimum Gasteiger partial charge on any atom is -0.376 e. The van der Waals surface area contributed by atoms with E-state index in [-0.39, 0.29) is 5.92 Å². The molecule has 96 valence electrons. The van der Waals surface area contributed by atoms with Crippen LogP contribution in [0.4, 0.5) is 0 Å². The summed E-state index contributed by atoms with van der Waals surface area (Å²) in [5, 5.41) is 19.8. The van der Waals surface area contributed by atoms with Gasteiger partial charge in [0.15, 0.2) is 0 Å². The Hall–Kier alpha value is -1.78. The fourth-order valence-corrected chi connectivity index (χ4v) is 1.96. The molecule has 1 amide bonds. The monoisotopic (exact) mass is 246 g/mol. The summed E-state index contributed by atoms with van der Waals surface area (Å²) >= 11 is 0. The first-order valence-electron chi connectivity index (χ1n) is 5.92. The Bertz CT molecular complexity index is 484. The number of rotatable bonds is 3. The average molecular weight is 246 g/mol. The molecule has 4 heteroatoms. The number of nitrogens with zero attached hydrogens (tertiary/aromatic N) is 1. The van der Waals surface area contributed by atoms with Gasteiger partial charge in [0.25, 0.3) is 0 Å². The number of hydrogen-bond donors (Lipinski definition) is 2. The van der Waals surface area contributed by atoms with Gasteiger partial charge < -0.3 is 10.8 Å². The molecule has 1 aliphatic rings. The molecule has 1 aliphatic carbocycles. The summed E-state index contributed by atoms with van der Waals surface area (Å²) in [6, 6.07) is 2.18. The molecule has 1 rings (SSSR count). The molecule has 0 unspecified atom stereocenters. The smallest absolute Gasteiger partial charge is 0.242 e. The van der Waals surface area contributed by atoms with Gasteiger partial charge in [-0.1, -0.05) is 25.7 Å². The van der Waals surface area contributed by atoms with E-state index < -0.39 is 16.9 Å². The maximum atomic E-state index is 10.7. The third-order valence-corrected chi connectivity index (χ3v) is 3.34. The topological polar surface area (TPSA) is 87.1 Å². The number of carbonyl (C=O) groups is 1. The van der Waals surface area contributed by atoms with Crippen LogP contribution in [0.15, 0.2) is 11.6 Å². The van der Waals surface area contributed by atoms with E-state index in [1.807, 2.05) is 13.8 Å². The van der Waals surface area contributed by atoms with E-state index in [1.54, 1.807) is 6.92 Å². The van der Waals surface area contributed by atoms with Crippen LogP contribution in [0.3, 0.4) is 0 Å². The highest BCUT2D eigenvalue weighted by molar-refractivity contribution is 5.87. The van der Waals surface area contributed by atoms with E-state index in [4.69, 9.17) is 5.73 Å². The van der Waals surface area contributed by atoms with Crippen molar-refractivity contribution in [2.24, 2.45) is 17.1 Å². The van der Waals surface area contributed by atoms with Gasteiger partial charge in [-0.25, -0.2) is 0 Å². The number of hydrogen-bond acceptors (Lipinski definition) is 3. The zero-order chi connectivity index (χ0) is 14.0. The lowest BCUT2D eigenvalue weighted by molar-refractivity contribution is -0.113.